The molecule has 1 heterocycles. The van der Waals surface area contributed by atoms with Gasteiger partial charge in [0, 0.05) is 34.3 Å². The number of halogens is 5. The van der Waals surface area contributed by atoms with Crippen molar-refractivity contribution in [3.05, 3.63) is 60.8 Å². The monoisotopic (exact) mass is 927 g/mol. The van der Waals surface area contributed by atoms with Gasteiger partial charge < -0.3 is 18.9 Å². The molecule has 65 heavy (non-hydrogen) atoms. The van der Waals surface area contributed by atoms with E-state index in [0.717, 1.165) is 83.0 Å². The van der Waals surface area contributed by atoms with Gasteiger partial charge in [-0.2, -0.15) is 13.2 Å². The maximum atomic E-state index is 12.2. The Hall–Kier alpha value is -4.63. The van der Waals surface area contributed by atoms with Crippen molar-refractivity contribution in [2.75, 3.05) is 6.61 Å². The fraction of sp³-hybridized carbons (Fsp3) is 0.673. The second-order valence-electron chi connectivity index (χ2n) is 18.7. The van der Waals surface area contributed by atoms with E-state index < -0.39 is 36.6 Å². The highest BCUT2D eigenvalue weighted by Crippen LogP contribution is 2.57. The van der Waals surface area contributed by atoms with Gasteiger partial charge in [0.15, 0.2) is 6.10 Å². The van der Waals surface area contributed by atoms with Gasteiger partial charge in [0.25, 0.3) is 5.91 Å². The number of hydrogen-bond acceptors (Lipinski definition) is 10. The summed E-state index contributed by atoms with van der Waals surface area (Å²) in [6.45, 7) is 26.3. The summed E-state index contributed by atoms with van der Waals surface area (Å²) in [7, 11) is 0. The molecule has 366 valence electrons. The molecule has 0 spiro atoms. The highest BCUT2D eigenvalue weighted by atomic mass is 19.4. The number of rotatable bonds is 11. The number of β-lactam (4-membered cyclic amide) rings is 1. The molecular weight excluding hydrogens is 858 g/mol. The molecule has 1 saturated heterocycles. The van der Waals surface area contributed by atoms with Gasteiger partial charge >= 0.3 is 30.1 Å². The molecule has 0 N–H and O–H groups in total. The number of carbonyl (C=O) groups is 6. The van der Waals surface area contributed by atoms with E-state index in [-0.39, 0.29) is 65.2 Å². The van der Waals surface area contributed by atoms with Crippen LogP contribution in [0.15, 0.2) is 60.8 Å². The molecule has 0 aromatic rings. The van der Waals surface area contributed by atoms with Gasteiger partial charge in [-0.05, 0) is 143 Å². The minimum absolute atomic E-state index is 0.00972. The summed E-state index contributed by atoms with van der Waals surface area (Å²) < 4.78 is 79.1. The number of imide groups is 1. The van der Waals surface area contributed by atoms with Gasteiger partial charge in [0.05, 0.1) is 18.6 Å². The number of alkyl halides is 5. The Morgan fingerprint density at radius 3 is 1.57 bits per heavy atom. The van der Waals surface area contributed by atoms with Crippen LogP contribution in [0.1, 0.15) is 145 Å². The van der Waals surface area contributed by atoms with Crippen molar-refractivity contribution in [3.8, 4) is 0 Å². The SMILES string of the molecule is C=C(C)C(=O)N1C(=O)C2CCCC21.C=C(C)C(=O)OC(C)C(F)(F)F.C=C(C)C(=O)OC12CC3CC(CC(C3)C1)C2.C=C(C)C(=O)OC1CCCCC1.C=C(C)C(=O)OCCC(C)(F)F. The van der Waals surface area contributed by atoms with Crippen molar-refractivity contribution < 1.29 is 69.7 Å². The molecular formula is C49H70F5NO10. The molecule has 7 rings (SSSR count). The second kappa shape index (κ2) is 24.8. The third kappa shape index (κ3) is 18.6. The Labute approximate surface area is 381 Å². The molecule has 3 atom stereocenters. The summed E-state index contributed by atoms with van der Waals surface area (Å²) >= 11 is 0. The van der Waals surface area contributed by atoms with Gasteiger partial charge in [0.1, 0.15) is 11.7 Å². The van der Waals surface area contributed by atoms with Crippen molar-refractivity contribution in [1.29, 1.82) is 0 Å². The zero-order chi connectivity index (χ0) is 49.6. The topological polar surface area (TPSA) is 143 Å². The molecule has 0 aromatic carbocycles. The fourth-order valence-electron chi connectivity index (χ4n) is 8.90. The average molecular weight is 928 g/mol. The zero-order valence-corrected chi connectivity index (χ0v) is 39.3. The number of nitrogens with zero attached hydrogens (tertiary/aromatic N) is 1. The summed E-state index contributed by atoms with van der Waals surface area (Å²) in [6.07, 6.45) is 9.30. The van der Waals surface area contributed by atoms with Crippen LogP contribution in [-0.4, -0.2) is 83.1 Å². The van der Waals surface area contributed by atoms with Crippen LogP contribution < -0.4 is 0 Å². The van der Waals surface area contributed by atoms with Crippen LogP contribution >= 0.6 is 0 Å². The Kier molecular flexibility index (Phi) is 21.5. The smallest absolute Gasteiger partial charge is 0.425 e. The van der Waals surface area contributed by atoms with Crippen LogP contribution in [0.3, 0.4) is 0 Å². The highest BCUT2D eigenvalue weighted by molar-refractivity contribution is 6.08. The van der Waals surface area contributed by atoms with E-state index in [1.54, 1.807) is 20.8 Å². The molecule has 1 aliphatic heterocycles. The van der Waals surface area contributed by atoms with E-state index in [9.17, 15) is 50.7 Å². The lowest BCUT2D eigenvalue weighted by Gasteiger charge is -2.55. The third-order valence-electron chi connectivity index (χ3n) is 12.0. The van der Waals surface area contributed by atoms with Gasteiger partial charge in [-0.1, -0.05) is 45.7 Å². The number of ether oxygens (including phenoxy) is 4. The molecule has 11 nitrogen and oxygen atoms in total. The van der Waals surface area contributed by atoms with Crippen molar-refractivity contribution in [2.45, 2.75) is 181 Å². The lowest BCUT2D eigenvalue weighted by Crippen LogP contribution is -2.60. The second-order valence-corrected chi connectivity index (χ2v) is 18.7. The summed E-state index contributed by atoms with van der Waals surface area (Å²) in [5.41, 5.74) is 1.56. The fourth-order valence-corrected chi connectivity index (χ4v) is 8.90. The Morgan fingerprint density at radius 2 is 1.15 bits per heavy atom. The minimum atomic E-state index is -4.51. The quantitative estimate of drug-likeness (QED) is 0.0646. The molecule has 6 saturated carbocycles. The minimum Gasteiger partial charge on any atom is -0.462 e. The van der Waals surface area contributed by atoms with E-state index in [4.69, 9.17) is 9.47 Å². The Balaban J connectivity index is 0.000000281. The molecule has 7 fully saturated rings. The van der Waals surface area contributed by atoms with Crippen molar-refractivity contribution in [3.63, 3.8) is 0 Å². The number of fused-ring (bicyclic) bond motifs is 1. The first kappa shape index (κ1) is 56.5. The Morgan fingerprint density at radius 1 is 0.677 bits per heavy atom. The lowest BCUT2D eigenvalue weighted by molar-refractivity contribution is -0.213. The van der Waals surface area contributed by atoms with E-state index in [2.05, 4.69) is 42.4 Å². The summed E-state index contributed by atoms with van der Waals surface area (Å²) in [4.78, 5) is 68.4. The highest BCUT2D eigenvalue weighted by Gasteiger charge is 2.54. The molecule has 0 radical (unpaired) electrons. The van der Waals surface area contributed by atoms with E-state index in [1.807, 2.05) is 0 Å². The van der Waals surface area contributed by atoms with Crippen molar-refractivity contribution in [2.24, 2.45) is 23.7 Å². The number of hydrogen-bond donors (Lipinski definition) is 0. The molecule has 0 aromatic heterocycles. The van der Waals surface area contributed by atoms with Crippen LogP contribution in [0.25, 0.3) is 0 Å². The normalized spacial score (nSPS) is 25.2. The van der Waals surface area contributed by atoms with Crippen LogP contribution in [0.4, 0.5) is 22.0 Å². The van der Waals surface area contributed by atoms with Crippen LogP contribution in [0, 0.1) is 23.7 Å². The van der Waals surface area contributed by atoms with Crippen molar-refractivity contribution in [1.82, 2.24) is 4.90 Å². The van der Waals surface area contributed by atoms with Crippen LogP contribution in [0.5, 0.6) is 0 Å². The number of carbonyl (C=O) groups excluding carboxylic acids is 6. The maximum Gasteiger partial charge on any atom is 0.425 e. The van der Waals surface area contributed by atoms with E-state index in [1.165, 1.54) is 57.3 Å². The maximum absolute atomic E-state index is 12.2. The molecule has 6 aliphatic carbocycles. The first-order chi connectivity index (χ1) is 30.0. The predicted octanol–water partition coefficient (Wildman–Crippen LogP) is 10.8. The molecule has 16 heteroatoms. The van der Waals surface area contributed by atoms with Crippen LogP contribution in [-0.2, 0) is 47.7 Å². The molecule has 4 bridgehead atoms. The lowest BCUT2D eigenvalue weighted by atomic mass is 9.54. The van der Waals surface area contributed by atoms with Gasteiger partial charge in [-0.15, -0.1) is 0 Å². The summed E-state index contributed by atoms with van der Waals surface area (Å²) in [5, 5.41) is 0. The predicted molar refractivity (Wildman–Crippen MR) is 235 cm³/mol. The Bertz CT molecular complexity index is 1760. The van der Waals surface area contributed by atoms with Crippen LogP contribution in [0.2, 0.25) is 0 Å². The number of amides is 2. The molecule has 2 amide bonds. The standard InChI is InChI=1S/C14H20O2.C10H13NO2.C10H16O2.C8H12F2O2.C7H9F3O2/c1-9(2)13(15)16-14-6-10-3-11(7-14)5-12(4-10)8-14;1-6(2)9(12)11-8-5-3-4-7(8)10(11)13;1-8(2)10(11)12-9-6-4-3-5-7-9;1-6(2)7(11)12-5-4-8(3,9)10;1-4(2)6(11)12-5(3)7(8,9)10/h10-12H,1,3-8H2,2H3;7-8H,1,3-5H2,2H3;9H,1,3-7H2,2H3;1,4-5H2,2-3H3;5H,1H2,2-3H3. The van der Waals surface area contributed by atoms with E-state index >= 15 is 0 Å². The molecule has 3 unspecified atom stereocenters. The van der Waals surface area contributed by atoms with Crippen molar-refractivity contribution >= 4 is 35.7 Å². The van der Waals surface area contributed by atoms with Gasteiger partial charge in [0.2, 0.25) is 11.8 Å². The molecule has 7 aliphatic rings. The number of likely N-dealkylation sites (tertiary alicyclic amines) is 1. The van der Waals surface area contributed by atoms with Gasteiger partial charge in [-0.3, -0.25) is 14.5 Å². The largest absolute Gasteiger partial charge is 0.462 e. The summed E-state index contributed by atoms with van der Waals surface area (Å²) in [6, 6.07) is 0.191. The number of esters is 4. The average Bonchev–Trinajstić information content (AvgIpc) is 3.61. The third-order valence-corrected chi connectivity index (χ3v) is 12.0. The van der Waals surface area contributed by atoms with Gasteiger partial charge in [-0.25, -0.2) is 28.0 Å². The zero-order valence-electron chi connectivity index (χ0n) is 39.3. The van der Waals surface area contributed by atoms with E-state index in [0.29, 0.717) is 16.7 Å². The first-order valence-electron chi connectivity index (χ1n) is 22.4. The summed E-state index contributed by atoms with van der Waals surface area (Å²) in [5.74, 6) is -2.41. The first-order valence-corrected chi connectivity index (χ1v) is 22.4.